The highest BCUT2D eigenvalue weighted by molar-refractivity contribution is 6.32. The standard InChI is InChI=1S/C12H16ClNO3/c1-2-15-11(7-14)8-5-9(13)12-10(6-8)16-3-4-17-12/h5-6,11H,2-4,7,14H2,1H3. The van der Waals surface area contributed by atoms with Crippen molar-refractivity contribution in [1.82, 2.24) is 0 Å². The molecule has 0 radical (unpaired) electrons. The zero-order valence-electron chi connectivity index (χ0n) is 9.74. The molecule has 0 fully saturated rings. The van der Waals surface area contributed by atoms with Gasteiger partial charge in [-0.2, -0.15) is 0 Å². The van der Waals surface area contributed by atoms with Gasteiger partial charge in [0.25, 0.3) is 0 Å². The highest BCUT2D eigenvalue weighted by Crippen LogP contribution is 2.40. The average molecular weight is 258 g/mol. The van der Waals surface area contributed by atoms with Crippen molar-refractivity contribution in [3.63, 3.8) is 0 Å². The monoisotopic (exact) mass is 257 g/mol. The van der Waals surface area contributed by atoms with E-state index in [0.29, 0.717) is 42.9 Å². The first-order chi connectivity index (χ1) is 8.26. The molecule has 1 unspecified atom stereocenters. The predicted molar refractivity (Wildman–Crippen MR) is 65.9 cm³/mol. The van der Waals surface area contributed by atoms with Gasteiger partial charge in [0.1, 0.15) is 13.2 Å². The Kier molecular flexibility index (Phi) is 4.10. The first-order valence-corrected chi connectivity index (χ1v) is 6.04. The van der Waals surface area contributed by atoms with E-state index in [1.165, 1.54) is 0 Å². The molecule has 1 atom stereocenters. The Balaban J connectivity index is 2.32. The lowest BCUT2D eigenvalue weighted by Crippen LogP contribution is -2.18. The van der Waals surface area contributed by atoms with Gasteiger partial charge in [-0.3, -0.25) is 0 Å². The van der Waals surface area contributed by atoms with Crippen LogP contribution in [-0.4, -0.2) is 26.4 Å². The number of ether oxygens (including phenoxy) is 3. The fourth-order valence-corrected chi connectivity index (χ4v) is 2.09. The van der Waals surface area contributed by atoms with E-state index in [0.717, 1.165) is 5.56 Å². The van der Waals surface area contributed by atoms with E-state index in [1.807, 2.05) is 19.1 Å². The van der Waals surface area contributed by atoms with Gasteiger partial charge in [0.2, 0.25) is 0 Å². The van der Waals surface area contributed by atoms with Crippen LogP contribution in [0.4, 0.5) is 0 Å². The Morgan fingerprint density at radius 3 is 2.88 bits per heavy atom. The molecule has 1 aliphatic rings. The Morgan fingerprint density at radius 2 is 2.18 bits per heavy atom. The average Bonchev–Trinajstić information content (AvgIpc) is 2.36. The third-order valence-corrected chi connectivity index (χ3v) is 2.85. The van der Waals surface area contributed by atoms with Crippen LogP contribution in [0, 0.1) is 0 Å². The molecule has 2 rings (SSSR count). The van der Waals surface area contributed by atoms with Crippen molar-refractivity contribution in [2.45, 2.75) is 13.0 Å². The lowest BCUT2D eigenvalue weighted by atomic mass is 10.1. The minimum atomic E-state index is -0.159. The normalized spacial score (nSPS) is 15.7. The van der Waals surface area contributed by atoms with Crippen LogP contribution in [0.25, 0.3) is 0 Å². The van der Waals surface area contributed by atoms with Crippen LogP contribution in [0.5, 0.6) is 11.5 Å². The molecule has 1 aromatic rings. The number of hydrogen-bond donors (Lipinski definition) is 1. The number of halogens is 1. The van der Waals surface area contributed by atoms with Crippen LogP contribution in [0.3, 0.4) is 0 Å². The largest absolute Gasteiger partial charge is 0.486 e. The topological polar surface area (TPSA) is 53.7 Å². The SMILES string of the molecule is CCOC(CN)c1cc(Cl)c2c(c1)OCCO2. The van der Waals surface area contributed by atoms with Crippen LogP contribution >= 0.6 is 11.6 Å². The molecule has 4 nitrogen and oxygen atoms in total. The Morgan fingerprint density at radius 1 is 1.41 bits per heavy atom. The third-order valence-electron chi connectivity index (χ3n) is 2.57. The van der Waals surface area contributed by atoms with Crippen molar-refractivity contribution < 1.29 is 14.2 Å². The molecule has 0 amide bonds. The van der Waals surface area contributed by atoms with E-state index in [9.17, 15) is 0 Å². The second kappa shape index (κ2) is 5.58. The first kappa shape index (κ1) is 12.5. The second-order valence-corrected chi connectivity index (χ2v) is 4.11. The van der Waals surface area contributed by atoms with Gasteiger partial charge in [0.15, 0.2) is 11.5 Å². The van der Waals surface area contributed by atoms with Gasteiger partial charge in [-0.25, -0.2) is 0 Å². The van der Waals surface area contributed by atoms with Crippen molar-refractivity contribution in [2.24, 2.45) is 5.73 Å². The van der Waals surface area contributed by atoms with E-state index >= 15 is 0 Å². The van der Waals surface area contributed by atoms with Gasteiger partial charge in [0, 0.05) is 13.2 Å². The first-order valence-electron chi connectivity index (χ1n) is 5.67. The zero-order valence-corrected chi connectivity index (χ0v) is 10.5. The summed E-state index contributed by atoms with van der Waals surface area (Å²) in [5, 5.41) is 0.537. The fraction of sp³-hybridized carbons (Fsp3) is 0.500. The molecular weight excluding hydrogens is 242 g/mol. The quantitative estimate of drug-likeness (QED) is 0.898. The number of benzene rings is 1. The third kappa shape index (κ3) is 2.65. The summed E-state index contributed by atoms with van der Waals surface area (Å²) in [5.74, 6) is 1.27. The molecule has 0 bridgehead atoms. The van der Waals surface area contributed by atoms with Gasteiger partial charge in [-0.05, 0) is 24.6 Å². The molecule has 2 N–H and O–H groups in total. The molecule has 1 heterocycles. The zero-order chi connectivity index (χ0) is 12.3. The molecule has 0 aliphatic carbocycles. The van der Waals surface area contributed by atoms with Crippen LogP contribution < -0.4 is 15.2 Å². The summed E-state index contributed by atoms with van der Waals surface area (Å²) in [6, 6.07) is 3.70. The molecule has 0 spiro atoms. The van der Waals surface area contributed by atoms with Gasteiger partial charge >= 0.3 is 0 Å². The van der Waals surface area contributed by atoms with Gasteiger partial charge in [-0.1, -0.05) is 11.6 Å². The van der Waals surface area contributed by atoms with E-state index in [1.54, 1.807) is 0 Å². The summed E-state index contributed by atoms with van der Waals surface area (Å²) in [6.45, 7) is 4.01. The molecule has 0 saturated heterocycles. The van der Waals surface area contributed by atoms with Crippen molar-refractivity contribution in [2.75, 3.05) is 26.4 Å². The number of hydrogen-bond acceptors (Lipinski definition) is 4. The molecule has 1 aliphatic heterocycles. The lowest BCUT2D eigenvalue weighted by molar-refractivity contribution is 0.0683. The number of nitrogens with two attached hydrogens (primary N) is 1. The summed E-state index contributed by atoms with van der Waals surface area (Å²) in [7, 11) is 0. The molecule has 17 heavy (non-hydrogen) atoms. The minimum Gasteiger partial charge on any atom is -0.486 e. The summed E-state index contributed by atoms with van der Waals surface area (Å²) in [4.78, 5) is 0. The molecule has 5 heteroatoms. The smallest absolute Gasteiger partial charge is 0.179 e. The van der Waals surface area contributed by atoms with E-state index in [-0.39, 0.29) is 6.10 Å². The van der Waals surface area contributed by atoms with Crippen molar-refractivity contribution in [3.8, 4) is 11.5 Å². The highest BCUT2D eigenvalue weighted by Gasteiger charge is 2.19. The number of rotatable bonds is 4. The Hall–Kier alpha value is -0.970. The summed E-state index contributed by atoms with van der Waals surface area (Å²) < 4.78 is 16.5. The van der Waals surface area contributed by atoms with Crippen molar-refractivity contribution in [1.29, 1.82) is 0 Å². The van der Waals surface area contributed by atoms with Crippen molar-refractivity contribution in [3.05, 3.63) is 22.7 Å². The Bertz CT molecular complexity index is 398. The maximum Gasteiger partial charge on any atom is 0.179 e. The summed E-state index contributed by atoms with van der Waals surface area (Å²) in [6.07, 6.45) is -0.159. The van der Waals surface area contributed by atoms with Gasteiger partial charge in [-0.15, -0.1) is 0 Å². The minimum absolute atomic E-state index is 0.159. The van der Waals surface area contributed by atoms with E-state index in [2.05, 4.69) is 0 Å². The summed E-state index contributed by atoms with van der Waals surface area (Å²) >= 11 is 6.15. The molecule has 1 aromatic carbocycles. The molecule has 0 saturated carbocycles. The maximum atomic E-state index is 6.15. The number of fused-ring (bicyclic) bond motifs is 1. The van der Waals surface area contributed by atoms with E-state index < -0.39 is 0 Å². The highest BCUT2D eigenvalue weighted by atomic mass is 35.5. The fourth-order valence-electron chi connectivity index (χ4n) is 1.82. The van der Waals surface area contributed by atoms with Crippen LogP contribution in [0.15, 0.2) is 12.1 Å². The second-order valence-electron chi connectivity index (χ2n) is 3.71. The van der Waals surface area contributed by atoms with E-state index in [4.69, 9.17) is 31.5 Å². The maximum absolute atomic E-state index is 6.15. The van der Waals surface area contributed by atoms with Gasteiger partial charge in [0.05, 0.1) is 11.1 Å². The van der Waals surface area contributed by atoms with Crippen LogP contribution in [0.2, 0.25) is 5.02 Å². The van der Waals surface area contributed by atoms with Crippen molar-refractivity contribution >= 4 is 11.6 Å². The summed E-state index contributed by atoms with van der Waals surface area (Å²) in [5.41, 5.74) is 6.60. The molecule has 94 valence electrons. The lowest BCUT2D eigenvalue weighted by Gasteiger charge is -2.22. The van der Waals surface area contributed by atoms with Crippen LogP contribution in [0.1, 0.15) is 18.6 Å². The van der Waals surface area contributed by atoms with Gasteiger partial charge < -0.3 is 19.9 Å². The Labute approximate surface area is 106 Å². The molecule has 0 aromatic heterocycles. The predicted octanol–water partition coefficient (Wildman–Crippen LogP) is 2.15. The van der Waals surface area contributed by atoms with Crippen LogP contribution in [-0.2, 0) is 4.74 Å². The molecular formula is C12H16ClNO3.